The van der Waals surface area contributed by atoms with Crippen molar-refractivity contribution in [2.75, 3.05) is 7.11 Å². The molecule has 0 aromatic heterocycles. The molecule has 0 saturated heterocycles. The molecule has 2 aromatic rings. The second kappa shape index (κ2) is 6.92. The van der Waals surface area contributed by atoms with Crippen LogP contribution in [0.5, 0.6) is 5.75 Å². The number of ether oxygens (including phenoxy) is 1. The van der Waals surface area contributed by atoms with E-state index >= 15 is 0 Å². The molecule has 0 spiro atoms. The summed E-state index contributed by atoms with van der Waals surface area (Å²) in [7, 11) is 1.36. The summed E-state index contributed by atoms with van der Waals surface area (Å²) in [6, 6.07) is 13.0. The summed E-state index contributed by atoms with van der Waals surface area (Å²) in [5, 5.41) is 12.3. The van der Waals surface area contributed by atoms with Crippen LogP contribution in [0.25, 0.3) is 0 Å². The van der Waals surface area contributed by atoms with Gasteiger partial charge < -0.3 is 15.2 Å². The van der Waals surface area contributed by atoms with Crippen LogP contribution in [0, 0.1) is 0 Å². The summed E-state index contributed by atoms with van der Waals surface area (Å²) in [5.74, 6) is -1.23. The molecule has 0 saturated carbocycles. The summed E-state index contributed by atoms with van der Waals surface area (Å²) < 4.78 is 45.1. The second-order valence-corrected chi connectivity index (χ2v) is 5.10. The number of amides is 1. The Morgan fingerprint density at radius 3 is 2.17 bits per heavy atom. The smallest absolute Gasteiger partial charge is 0.430 e. The number of benzene rings is 2. The molecule has 0 unspecified atom stereocenters. The third kappa shape index (κ3) is 3.51. The molecule has 2 N–H and O–H groups in total. The number of aliphatic hydroxyl groups is 1. The van der Waals surface area contributed by atoms with Crippen molar-refractivity contribution in [1.82, 2.24) is 5.32 Å². The molecule has 2 aromatic carbocycles. The van der Waals surface area contributed by atoms with Crippen molar-refractivity contribution in [2.24, 2.45) is 0 Å². The van der Waals surface area contributed by atoms with Crippen LogP contribution >= 0.6 is 0 Å². The van der Waals surface area contributed by atoms with Crippen molar-refractivity contribution in [3.05, 3.63) is 65.7 Å². The van der Waals surface area contributed by atoms with E-state index in [0.717, 1.165) is 12.1 Å². The van der Waals surface area contributed by atoms with Crippen molar-refractivity contribution in [3.8, 4) is 5.75 Å². The summed E-state index contributed by atoms with van der Waals surface area (Å²) in [4.78, 5) is 12.1. The molecule has 0 aliphatic heterocycles. The standard InChI is InChI=1S/C17H16F3NO3/c1-24-14-9-7-13(8-10-14)16(23,17(18,19)20)15(22)21-11-12-5-3-2-4-6-12/h2-10,23H,11H2,1H3,(H,21,22)/t16-/m1/s1. The van der Waals surface area contributed by atoms with Gasteiger partial charge >= 0.3 is 6.18 Å². The van der Waals surface area contributed by atoms with Crippen molar-refractivity contribution >= 4 is 5.91 Å². The van der Waals surface area contributed by atoms with Gasteiger partial charge in [0, 0.05) is 12.1 Å². The molecule has 1 amide bonds. The summed E-state index contributed by atoms with van der Waals surface area (Å²) in [6.45, 7) is -0.131. The maximum atomic E-state index is 13.4. The second-order valence-electron chi connectivity index (χ2n) is 5.10. The molecule has 24 heavy (non-hydrogen) atoms. The fraction of sp³-hybridized carbons (Fsp3) is 0.235. The van der Waals surface area contributed by atoms with Crippen LogP contribution in [0.15, 0.2) is 54.6 Å². The minimum atomic E-state index is -5.18. The zero-order chi connectivity index (χ0) is 17.8. The zero-order valence-corrected chi connectivity index (χ0v) is 12.8. The van der Waals surface area contributed by atoms with Crippen molar-refractivity contribution in [3.63, 3.8) is 0 Å². The summed E-state index contributed by atoms with van der Waals surface area (Å²) in [5.41, 5.74) is -3.61. The Bertz CT molecular complexity index is 686. The van der Waals surface area contributed by atoms with E-state index in [0.29, 0.717) is 11.3 Å². The highest BCUT2D eigenvalue weighted by Crippen LogP contribution is 2.39. The number of halogens is 3. The van der Waals surface area contributed by atoms with Crippen LogP contribution in [0.4, 0.5) is 13.2 Å². The van der Waals surface area contributed by atoms with E-state index in [2.05, 4.69) is 5.32 Å². The van der Waals surface area contributed by atoms with Crippen molar-refractivity contribution in [2.45, 2.75) is 18.3 Å². The van der Waals surface area contributed by atoms with Gasteiger partial charge in [0.2, 0.25) is 0 Å². The highest BCUT2D eigenvalue weighted by atomic mass is 19.4. The lowest BCUT2D eigenvalue weighted by molar-refractivity contribution is -0.257. The van der Waals surface area contributed by atoms with Gasteiger partial charge in [-0.05, 0) is 17.7 Å². The first kappa shape index (κ1) is 17.8. The molecule has 128 valence electrons. The highest BCUT2D eigenvalue weighted by Gasteiger charge is 2.60. The van der Waals surface area contributed by atoms with Crippen molar-refractivity contribution in [1.29, 1.82) is 0 Å². The molecular weight excluding hydrogens is 323 g/mol. The molecule has 4 nitrogen and oxygen atoms in total. The Morgan fingerprint density at radius 1 is 1.08 bits per heavy atom. The van der Waals surface area contributed by atoms with E-state index in [-0.39, 0.29) is 6.54 Å². The van der Waals surface area contributed by atoms with Crippen LogP contribution in [0.2, 0.25) is 0 Å². The Hall–Kier alpha value is -2.54. The van der Waals surface area contributed by atoms with Gasteiger partial charge in [0.05, 0.1) is 7.11 Å². The van der Waals surface area contributed by atoms with Crippen LogP contribution in [0.1, 0.15) is 11.1 Å². The lowest BCUT2D eigenvalue weighted by Crippen LogP contribution is -2.54. The molecule has 0 radical (unpaired) electrons. The van der Waals surface area contributed by atoms with Gasteiger partial charge in [-0.1, -0.05) is 42.5 Å². The molecule has 0 fully saturated rings. The topological polar surface area (TPSA) is 58.6 Å². The average Bonchev–Trinajstić information content (AvgIpc) is 2.59. The third-order valence-corrected chi connectivity index (χ3v) is 3.54. The van der Waals surface area contributed by atoms with Crippen LogP contribution in [-0.4, -0.2) is 24.3 Å². The largest absolute Gasteiger partial charge is 0.497 e. The molecule has 0 bridgehead atoms. The van der Waals surface area contributed by atoms with Gasteiger partial charge in [0.25, 0.3) is 11.5 Å². The Labute approximate surface area is 136 Å². The number of carbonyl (C=O) groups excluding carboxylic acids is 1. The van der Waals surface area contributed by atoms with Gasteiger partial charge in [-0.2, -0.15) is 13.2 Å². The fourth-order valence-electron chi connectivity index (χ4n) is 2.16. The summed E-state index contributed by atoms with van der Waals surface area (Å²) >= 11 is 0. The highest BCUT2D eigenvalue weighted by molar-refractivity contribution is 5.87. The Kier molecular flexibility index (Phi) is 5.14. The first-order valence-corrected chi connectivity index (χ1v) is 7.05. The van der Waals surface area contributed by atoms with E-state index < -0.39 is 23.2 Å². The predicted molar refractivity (Wildman–Crippen MR) is 81.2 cm³/mol. The van der Waals surface area contributed by atoms with Crippen LogP contribution < -0.4 is 10.1 Å². The molecule has 7 heteroatoms. The molecule has 0 heterocycles. The normalized spacial score (nSPS) is 13.9. The van der Waals surface area contributed by atoms with Gasteiger partial charge in [0.1, 0.15) is 5.75 Å². The van der Waals surface area contributed by atoms with Crippen molar-refractivity contribution < 1.29 is 27.8 Å². The van der Waals surface area contributed by atoms with Gasteiger partial charge in [-0.25, -0.2) is 0 Å². The first-order valence-electron chi connectivity index (χ1n) is 7.05. The molecule has 2 rings (SSSR count). The maximum Gasteiger partial charge on any atom is 0.430 e. The van der Waals surface area contributed by atoms with E-state index in [1.165, 1.54) is 19.2 Å². The number of alkyl halides is 3. The van der Waals surface area contributed by atoms with Gasteiger partial charge in [0.15, 0.2) is 0 Å². The number of hydrogen-bond acceptors (Lipinski definition) is 3. The van der Waals surface area contributed by atoms with Crippen LogP contribution in [0.3, 0.4) is 0 Å². The van der Waals surface area contributed by atoms with E-state index in [9.17, 15) is 23.1 Å². The lowest BCUT2D eigenvalue weighted by atomic mass is 9.92. The SMILES string of the molecule is COc1ccc([C@@](O)(C(=O)NCc2ccccc2)C(F)(F)F)cc1. The predicted octanol–water partition coefficient (Wildman–Crippen LogP) is 2.76. The molecule has 1 atom stereocenters. The first-order chi connectivity index (χ1) is 11.3. The zero-order valence-electron chi connectivity index (χ0n) is 12.8. The third-order valence-electron chi connectivity index (χ3n) is 3.54. The fourth-order valence-corrected chi connectivity index (χ4v) is 2.16. The minimum Gasteiger partial charge on any atom is -0.497 e. The monoisotopic (exact) mass is 339 g/mol. The number of rotatable bonds is 5. The minimum absolute atomic E-state index is 0.131. The van der Waals surface area contributed by atoms with E-state index in [1.807, 2.05) is 0 Å². The lowest BCUT2D eigenvalue weighted by Gasteiger charge is -2.29. The summed E-state index contributed by atoms with van der Waals surface area (Å²) in [6.07, 6.45) is -5.18. The number of hydrogen-bond donors (Lipinski definition) is 2. The van der Waals surface area contributed by atoms with Gasteiger partial charge in [-0.3, -0.25) is 4.79 Å². The molecule has 0 aliphatic rings. The number of carbonyl (C=O) groups is 1. The van der Waals surface area contributed by atoms with Crippen LogP contribution in [-0.2, 0) is 16.9 Å². The number of methoxy groups -OCH3 is 1. The van der Waals surface area contributed by atoms with E-state index in [4.69, 9.17) is 4.74 Å². The van der Waals surface area contributed by atoms with Gasteiger partial charge in [-0.15, -0.1) is 0 Å². The Morgan fingerprint density at radius 2 is 1.67 bits per heavy atom. The quantitative estimate of drug-likeness (QED) is 0.881. The molecule has 0 aliphatic carbocycles. The Balaban J connectivity index is 2.27. The van der Waals surface area contributed by atoms with E-state index in [1.54, 1.807) is 30.3 Å². The maximum absolute atomic E-state index is 13.4. The molecular formula is C17H16F3NO3. The average molecular weight is 339 g/mol. The number of nitrogens with one attached hydrogen (secondary N) is 1.